The first-order valence-electron chi connectivity index (χ1n) is 12.7. The van der Waals surface area contributed by atoms with Crippen molar-refractivity contribution in [2.45, 2.75) is 24.8 Å². The smallest absolute Gasteiger partial charge is 0.339 e. The summed E-state index contributed by atoms with van der Waals surface area (Å²) >= 11 is 0. The summed E-state index contributed by atoms with van der Waals surface area (Å²) < 4.78 is 37.7. The average Bonchev–Trinajstić information content (AvgIpc) is 2.92. The predicted molar refractivity (Wildman–Crippen MR) is 152 cm³/mol. The summed E-state index contributed by atoms with van der Waals surface area (Å²) in [4.78, 5) is 11.2. The van der Waals surface area contributed by atoms with E-state index in [0.717, 1.165) is 29.0 Å². The number of anilines is 2. The zero-order valence-corrected chi connectivity index (χ0v) is 22.7. The Morgan fingerprint density at radius 3 is 2.69 bits per heavy atom. The van der Waals surface area contributed by atoms with E-state index in [9.17, 15) is 8.42 Å². The fraction of sp³-hybridized carbons (Fsp3) is 0.200. The van der Waals surface area contributed by atoms with Gasteiger partial charge in [-0.2, -0.15) is 8.42 Å². The van der Waals surface area contributed by atoms with Crippen molar-refractivity contribution in [1.82, 2.24) is 14.9 Å². The van der Waals surface area contributed by atoms with Gasteiger partial charge in [-0.3, -0.25) is 4.90 Å². The Morgan fingerprint density at radius 1 is 1.00 bits per heavy atom. The zero-order chi connectivity index (χ0) is 27.2. The van der Waals surface area contributed by atoms with Crippen LogP contribution in [0.25, 0.3) is 11.3 Å². The number of aromatic nitrogens is 2. The number of nitrogens with zero attached hydrogens (tertiary/aromatic N) is 3. The Bertz CT molecular complexity index is 1590. The molecule has 0 fully saturated rings. The van der Waals surface area contributed by atoms with Crippen molar-refractivity contribution in [1.29, 1.82) is 0 Å². The molecular formula is C30H30N4O4S. The Labute approximate surface area is 229 Å². The molecule has 200 valence electrons. The molecule has 0 saturated carbocycles. The van der Waals surface area contributed by atoms with Gasteiger partial charge in [-0.1, -0.05) is 42.0 Å². The number of fused-ring (bicyclic) bond motifs is 7. The third kappa shape index (κ3) is 6.81. The highest BCUT2D eigenvalue weighted by atomic mass is 32.2. The molecule has 5 rings (SSSR count). The van der Waals surface area contributed by atoms with Crippen LogP contribution in [-0.2, 0) is 16.7 Å². The number of aryl methyl sites for hydroxylation is 1. The van der Waals surface area contributed by atoms with Gasteiger partial charge in [0.15, 0.2) is 0 Å². The van der Waals surface area contributed by atoms with Gasteiger partial charge in [0.2, 0.25) is 5.95 Å². The van der Waals surface area contributed by atoms with E-state index in [2.05, 4.69) is 32.3 Å². The SMILES string of the molecule is Cc1ccc(S(=O)(=O)Oc2ccc3cc2CN(C)CC=CCCOc2cccc(c2)-c2ccnc(n2)N3)cc1. The number of benzene rings is 3. The minimum absolute atomic E-state index is 0.107. The van der Waals surface area contributed by atoms with Gasteiger partial charge in [-0.05, 0) is 68.9 Å². The number of nitrogens with one attached hydrogen (secondary N) is 1. The molecule has 0 aliphatic carbocycles. The fourth-order valence-corrected chi connectivity index (χ4v) is 5.12. The van der Waals surface area contributed by atoms with E-state index < -0.39 is 10.1 Å². The van der Waals surface area contributed by atoms with Gasteiger partial charge < -0.3 is 14.2 Å². The third-order valence-electron chi connectivity index (χ3n) is 6.19. The van der Waals surface area contributed by atoms with E-state index in [1.807, 2.05) is 50.4 Å². The molecule has 8 nitrogen and oxygen atoms in total. The molecule has 2 heterocycles. The monoisotopic (exact) mass is 542 g/mol. The highest BCUT2D eigenvalue weighted by Gasteiger charge is 2.20. The second-order valence-electron chi connectivity index (χ2n) is 9.40. The van der Waals surface area contributed by atoms with Crippen molar-refractivity contribution < 1.29 is 17.3 Å². The van der Waals surface area contributed by atoms with Crippen LogP contribution < -0.4 is 14.2 Å². The van der Waals surface area contributed by atoms with Crippen molar-refractivity contribution in [3.8, 4) is 22.8 Å². The van der Waals surface area contributed by atoms with Crippen LogP contribution in [0.4, 0.5) is 11.6 Å². The molecule has 4 aromatic rings. The summed E-state index contributed by atoms with van der Waals surface area (Å²) in [6.07, 6.45) is 6.62. The van der Waals surface area contributed by atoms with E-state index in [1.54, 1.807) is 42.6 Å². The summed E-state index contributed by atoms with van der Waals surface area (Å²) in [6.45, 7) is 3.58. The van der Waals surface area contributed by atoms with Crippen molar-refractivity contribution in [2.75, 3.05) is 25.5 Å². The van der Waals surface area contributed by atoms with Crippen molar-refractivity contribution in [3.05, 3.63) is 102 Å². The van der Waals surface area contributed by atoms with Crippen LogP contribution in [0.15, 0.2) is 96.0 Å². The summed E-state index contributed by atoms with van der Waals surface area (Å²) in [5.74, 6) is 1.47. The molecule has 0 radical (unpaired) electrons. The lowest BCUT2D eigenvalue weighted by atomic mass is 10.1. The van der Waals surface area contributed by atoms with Crippen LogP contribution in [0.2, 0.25) is 0 Å². The molecule has 1 aliphatic rings. The number of hydrogen-bond acceptors (Lipinski definition) is 8. The van der Waals surface area contributed by atoms with Gasteiger partial charge in [0.1, 0.15) is 16.4 Å². The quantitative estimate of drug-likeness (QED) is 0.259. The maximum absolute atomic E-state index is 13.1. The summed E-state index contributed by atoms with van der Waals surface area (Å²) in [6, 6.07) is 21.6. The van der Waals surface area contributed by atoms with Crippen molar-refractivity contribution in [2.24, 2.45) is 0 Å². The minimum atomic E-state index is -4.01. The Kier molecular flexibility index (Phi) is 7.90. The first-order chi connectivity index (χ1) is 18.9. The summed E-state index contributed by atoms with van der Waals surface area (Å²) in [7, 11) is -2.04. The highest BCUT2D eigenvalue weighted by molar-refractivity contribution is 7.87. The molecule has 0 saturated heterocycles. The molecule has 0 amide bonds. The lowest BCUT2D eigenvalue weighted by Gasteiger charge is -2.19. The van der Waals surface area contributed by atoms with Gasteiger partial charge in [0, 0.05) is 36.1 Å². The molecule has 1 aliphatic heterocycles. The molecular weight excluding hydrogens is 512 g/mol. The van der Waals surface area contributed by atoms with E-state index in [4.69, 9.17) is 8.92 Å². The molecule has 1 aromatic heterocycles. The molecule has 0 atom stereocenters. The van der Waals surface area contributed by atoms with Gasteiger partial charge >= 0.3 is 10.1 Å². The Morgan fingerprint density at radius 2 is 1.85 bits per heavy atom. The third-order valence-corrected chi connectivity index (χ3v) is 7.44. The van der Waals surface area contributed by atoms with Crippen LogP contribution in [0, 0.1) is 6.92 Å². The predicted octanol–water partition coefficient (Wildman–Crippen LogP) is 5.73. The van der Waals surface area contributed by atoms with Crippen LogP contribution in [0.3, 0.4) is 0 Å². The second-order valence-corrected chi connectivity index (χ2v) is 10.9. The Balaban J connectivity index is 1.49. The molecule has 1 N–H and O–H groups in total. The normalized spacial score (nSPS) is 14.4. The molecule has 9 heteroatoms. The first-order valence-corrected chi connectivity index (χ1v) is 14.1. The van der Waals surface area contributed by atoms with Crippen molar-refractivity contribution >= 4 is 21.8 Å². The topological polar surface area (TPSA) is 93.7 Å². The summed E-state index contributed by atoms with van der Waals surface area (Å²) in [5, 5.41) is 3.25. The van der Waals surface area contributed by atoms with Gasteiger partial charge in [-0.15, -0.1) is 0 Å². The largest absolute Gasteiger partial charge is 0.493 e. The van der Waals surface area contributed by atoms with Gasteiger partial charge in [-0.25, -0.2) is 9.97 Å². The standard InChI is InChI=1S/C30H30N4O4S/c1-22-9-12-27(13-10-22)39(35,36)38-29-14-11-25-19-24(29)21-34(2)17-4-3-5-18-37-26-8-6-7-23(20-26)28-15-16-31-30(32-25)33-28/h3-4,6-16,19-20H,5,17-18,21H2,1-2H3,(H,31,32,33). The number of likely N-dealkylation sites (N-methyl/N-ethyl adjacent to an activating group) is 1. The zero-order valence-electron chi connectivity index (χ0n) is 21.9. The number of ether oxygens (including phenoxy) is 1. The van der Waals surface area contributed by atoms with Crippen LogP contribution in [-0.4, -0.2) is 43.5 Å². The molecule has 39 heavy (non-hydrogen) atoms. The van der Waals surface area contributed by atoms with E-state index in [0.29, 0.717) is 36.9 Å². The second kappa shape index (κ2) is 11.7. The van der Waals surface area contributed by atoms with Crippen molar-refractivity contribution in [3.63, 3.8) is 0 Å². The lowest BCUT2D eigenvalue weighted by Crippen LogP contribution is -2.19. The summed E-state index contributed by atoms with van der Waals surface area (Å²) in [5.41, 5.74) is 4.06. The van der Waals surface area contributed by atoms with E-state index >= 15 is 0 Å². The molecule has 3 aromatic carbocycles. The van der Waals surface area contributed by atoms with Crippen LogP contribution in [0.1, 0.15) is 17.5 Å². The lowest BCUT2D eigenvalue weighted by molar-refractivity contribution is 0.324. The number of rotatable bonds is 3. The van der Waals surface area contributed by atoms with E-state index in [1.165, 1.54) is 0 Å². The maximum Gasteiger partial charge on any atom is 0.339 e. The molecule has 6 bridgehead atoms. The van der Waals surface area contributed by atoms with Gasteiger partial charge in [0.05, 0.1) is 12.3 Å². The molecule has 0 spiro atoms. The van der Waals surface area contributed by atoms with Gasteiger partial charge in [0.25, 0.3) is 0 Å². The maximum atomic E-state index is 13.1. The van der Waals surface area contributed by atoms with E-state index in [-0.39, 0.29) is 10.6 Å². The fourth-order valence-electron chi connectivity index (χ4n) is 4.16. The number of hydrogen-bond donors (Lipinski definition) is 1. The van der Waals surface area contributed by atoms with Crippen LogP contribution in [0.5, 0.6) is 11.5 Å². The average molecular weight is 543 g/mol. The minimum Gasteiger partial charge on any atom is -0.493 e. The Hall–Kier alpha value is -4.21. The molecule has 0 unspecified atom stereocenters. The first kappa shape index (κ1) is 26.4. The highest BCUT2D eigenvalue weighted by Crippen LogP contribution is 2.29. The van der Waals surface area contributed by atoms with Crippen LogP contribution >= 0.6 is 0 Å².